The van der Waals surface area contributed by atoms with Gasteiger partial charge in [-0.2, -0.15) is 0 Å². The Morgan fingerprint density at radius 3 is 2.90 bits per heavy atom. The normalized spacial score (nSPS) is 18.7. The molecule has 1 aliphatic carbocycles. The number of aryl methyl sites for hydroxylation is 2. The number of amides is 1. The van der Waals surface area contributed by atoms with Crippen LogP contribution in [0, 0.1) is 0 Å². The minimum atomic E-state index is 0.0901. The maximum absolute atomic E-state index is 11.5. The fourth-order valence-electron chi connectivity index (χ4n) is 3.02. The molecule has 1 fully saturated rings. The van der Waals surface area contributed by atoms with Crippen LogP contribution in [0.3, 0.4) is 0 Å². The number of hydrogen-bond acceptors (Lipinski definition) is 4. The summed E-state index contributed by atoms with van der Waals surface area (Å²) in [6.45, 7) is 2.04. The molecular weight excluding hydrogens is 284 g/mol. The largest absolute Gasteiger partial charge is 0.389 e. The molecule has 5 nitrogen and oxygen atoms in total. The molecule has 1 aromatic heterocycles. The molecule has 1 amide bonds. The van der Waals surface area contributed by atoms with Crippen LogP contribution >= 0.6 is 12.2 Å². The molecule has 0 unspecified atom stereocenters. The lowest BCUT2D eigenvalue weighted by atomic mass is 9.94. The Kier molecular flexibility index (Phi) is 4.05. The van der Waals surface area contributed by atoms with E-state index in [1.807, 2.05) is 0 Å². The van der Waals surface area contributed by atoms with Crippen molar-refractivity contribution in [3.05, 3.63) is 22.9 Å². The molecule has 112 valence electrons. The van der Waals surface area contributed by atoms with Crippen molar-refractivity contribution in [3.63, 3.8) is 0 Å². The molecule has 0 saturated carbocycles. The van der Waals surface area contributed by atoms with Crippen molar-refractivity contribution in [2.45, 2.75) is 32.1 Å². The number of carbonyl (C=O) groups excluding carboxylic acids is 1. The van der Waals surface area contributed by atoms with E-state index in [1.165, 1.54) is 24.1 Å². The minimum Gasteiger partial charge on any atom is -0.389 e. The fraction of sp³-hybridized carbons (Fsp3) is 0.533. The van der Waals surface area contributed by atoms with Crippen molar-refractivity contribution in [3.8, 4) is 0 Å². The SMILES string of the molecule is NC(=S)c1cc2c(nc1N1CCNC(=O)CC1)CCCC2. The summed E-state index contributed by atoms with van der Waals surface area (Å²) in [6, 6.07) is 2.11. The summed E-state index contributed by atoms with van der Waals surface area (Å²) in [5.41, 5.74) is 9.19. The summed E-state index contributed by atoms with van der Waals surface area (Å²) >= 11 is 5.21. The van der Waals surface area contributed by atoms with Gasteiger partial charge in [-0.1, -0.05) is 12.2 Å². The standard InChI is InChI=1S/C15H20N4OS/c16-14(21)11-9-10-3-1-2-4-12(10)18-15(11)19-7-5-13(20)17-6-8-19/h9H,1-8H2,(H2,16,21)(H,17,20). The first-order valence-corrected chi connectivity index (χ1v) is 7.90. The molecule has 21 heavy (non-hydrogen) atoms. The predicted molar refractivity (Wildman–Crippen MR) is 86.6 cm³/mol. The maximum Gasteiger partial charge on any atom is 0.221 e. The molecule has 2 heterocycles. The van der Waals surface area contributed by atoms with Crippen LogP contribution < -0.4 is 16.0 Å². The molecule has 3 N–H and O–H groups in total. The summed E-state index contributed by atoms with van der Waals surface area (Å²) in [7, 11) is 0. The quantitative estimate of drug-likeness (QED) is 0.795. The third kappa shape index (κ3) is 3.00. The van der Waals surface area contributed by atoms with Gasteiger partial charge >= 0.3 is 0 Å². The smallest absolute Gasteiger partial charge is 0.221 e. The van der Waals surface area contributed by atoms with Gasteiger partial charge in [-0.15, -0.1) is 0 Å². The third-order valence-corrected chi connectivity index (χ3v) is 4.38. The zero-order chi connectivity index (χ0) is 14.8. The second kappa shape index (κ2) is 5.97. The number of nitrogens with one attached hydrogen (secondary N) is 1. The van der Waals surface area contributed by atoms with Crippen molar-refractivity contribution in [1.29, 1.82) is 0 Å². The Hall–Kier alpha value is -1.69. The number of pyridine rings is 1. The van der Waals surface area contributed by atoms with Crippen molar-refractivity contribution in [2.24, 2.45) is 5.73 Å². The molecule has 1 aromatic rings. The van der Waals surface area contributed by atoms with E-state index in [0.717, 1.165) is 30.8 Å². The number of rotatable bonds is 2. The fourth-order valence-corrected chi connectivity index (χ4v) is 3.17. The summed E-state index contributed by atoms with van der Waals surface area (Å²) in [5, 5.41) is 2.88. The monoisotopic (exact) mass is 304 g/mol. The van der Waals surface area contributed by atoms with Crippen LogP contribution in [-0.4, -0.2) is 35.5 Å². The summed E-state index contributed by atoms with van der Waals surface area (Å²) in [5.74, 6) is 0.937. The Bertz CT molecular complexity index is 587. The van der Waals surface area contributed by atoms with Gasteiger partial charge in [0.15, 0.2) is 0 Å². The molecule has 1 aliphatic heterocycles. The van der Waals surface area contributed by atoms with E-state index in [2.05, 4.69) is 16.3 Å². The van der Waals surface area contributed by atoms with Gasteiger partial charge < -0.3 is 16.0 Å². The number of thiocarbonyl (C=S) groups is 1. The number of anilines is 1. The van der Waals surface area contributed by atoms with Gasteiger partial charge in [-0.05, 0) is 37.3 Å². The van der Waals surface area contributed by atoms with Crippen LogP contribution in [0.15, 0.2) is 6.07 Å². The van der Waals surface area contributed by atoms with E-state index in [4.69, 9.17) is 22.9 Å². The number of fused-ring (bicyclic) bond motifs is 1. The second-order valence-electron chi connectivity index (χ2n) is 5.62. The molecule has 2 aliphatic rings. The predicted octanol–water partition coefficient (Wildman–Crippen LogP) is 0.921. The van der Waals surface area contributed by atoms with E-state index in [-0.39, 0.29) is 5.91 Å². The van der Waals surface area contributed by atoms with Crippen molar-refractivity contribution >= 4 is 28.9 Å². The van der Waals surface area contributed by atoms with E-state index in [0.29, 0.717) is 24.5 Å². The Balaban J connectivity index is 1.99. The van der Waals surface area contributed by atoms with Gasteiger partial charge in [0, 0.05) is 31.7 Å². The minimum absolute atomic E-state index is 0.0901. The van der Waals surface area contributed by atoms with Crippen LogP contribution in [0.5, 0.6) is 0 Å². The zero-order valence-corrected chi connectivity index (χ0v) is 12.8. The molecule has 0 atom stereocenters. The molecule has 3 rings (SSSR count). The van der Waals surface area contributed by atoms with E-state index >= 15 is 0 Å². The molecular formula is C15H20N4OS. The molecule has 0 spiro atoms. The van der Waals surface area contributed by atoms with Crippen molar-refractivity contribution in [2.75, 3.05) is 24.5 Å². The second-order valence-corrected chi connectivity index (χ2v) is 6.06. The lowest BCUT2D eigenvalue weighted by Gasteiger charge is -2.26. The highest BCUT2D eigenvalue weighted by Crippen LogP contribution is 2.27. The van der Waals surface area contributed by atoms with Crippen LogP contribution in [0.4, 0.5) is 5.82 Å². The van der Waals surface area contributed by atoms with Crippen LogP contribution in [0.1, 0.15) is 36.1 Å². The topological polar surface area (TPSA) is 71.2 Å². The lowest BCUT2D eigenvalue weighted by Crippen LogP contribution is -2.31. The maximum atomic E-state index is 11.5. The average molecular weight is 304 g/mol. The van der Waals surface area contributed by atoms with Gasteiger partial charge in [0.05, 0.1) is 5.56 Å². The van der Waals surface area contributed by atoms with Gasteiger partial charge in [0.1, 0.15) is 10.8 Å². The zero-order valence-electron chi connectivity index (χ0n) is 12.0. The first-order valence-electron chi connectivity index (χ1n) is 7.49. The Morgan fingerprint density at radius 1 is 1.29 bits per heavy atom. The Labute approximate surface area is 129 Å². The highest BCUT2D eigenvalue weighted by Gasteiger charge is 2.22. The van der Waals surface area contributed by atoms with E-state index in [1.54, 1.807) is 0 Å². The summed E-state index contributed by atoms with van der Waals surface area (Å²) < 4.78 is 0. The number of carbonyl (C=O) groups is 1. The third-order valence-electron chi connectivity index (χ3n) is 4.16. The lowest BCUT2D eigenvalue weighted by molar-refractivity contribution is -0.120. The van der Waals surface area contributed by atoms with Crippen molar-refractivity contribution in [1.82, 2.24) is 10.3 Å². The molecule has 0 bridgehead atoms. The van der Waals surface area contributed by atoms with Gasteiger partial charge in [0.2, 0.25) is 5.91 Å². The summed E-state index contributed by atoms with van der Waals surface area (Å²) in [6.07, 6.45) is 4.94. The Morgan fingerprint density at radius 2 is 2.10 bits per heavy atom. The van der Waals surface area contributed by atoms with E-state index in [9.17, 15) is 4.79 Å². The van der Waals surface area contributed by atoms with Crippen LogP contribution in [0.25, 0.3) is 0 Å². The number of hydrogen-bond donors (Lipinski definition) is 2. The highest BCUT2D eigenvalue weighted by atomic mass is 32.1. The first kappa shape index (κ1) is 14.3. The molecule has 6 heteroatoms. The van der Waals surface area contributed by atoms with E-state index < -0.39 is 0 Å². The van der Waals surface area contributed by atoms with Gasteiger partial charge in [-0.3, -0.25) is 4.79 Å². The van der Waals surface area contributed by atoms with Gasteiger partial charge in [-0.25, -0.2) is 4.98 Å². The molecule has 0 aromatic carbocycles. The highest BCUT2D eigenvalue weighted by molar-refractivity contribution is 7.80. The van der Waals surface area contributed by atoms with Crippen molar-refractivity contribution < 1.29 is 4.79 Å². The average Bonchev–Trinajstić information content (AvgIpc) is 2.70. The molecule has 0 radical (unpaired) electrons. The molecule has 1 saturated heterocycles. The van der Waals surface area contributed by atoms with Gasteiger partial charge in [0.25, 0.3) is 0 Å². The number of nitrogens with zero attached hydrogens (tertiary/aromatic N) is 2. The van der Waals surface area contributed by atoms with Crippen LogP contribution in [0.2, 0.25) is 0 Å². The van der Waals surface area contributed by atoms with Crippen LogP contribution in [-0.2, 0) is 17.6 Å². The first-order chi connectivity index (χ1) is 10.1. The summed E-state index contributed by atoms with van der Waals surface area (Å²) in [4.78, 5) is 18.9. The number of aromatic nitrogens is 1. The number of nitrogens with two attached hydrogens (primary N) is 1.